The SMILES string of the molecule is CCC(O)CC(O)CN(C)CN(C)C. The van der Waals surface area contributed by atoms with Crippen LogP contribution in [-0.4, -0.2) is 66.6 Å². The van der Waals surface area contributed by atoms with Gasteiger partial charge in [-0.25, -0.2) is 0 Å². The summed E-state index contributed by atoms with van der Waals surface area (Å²) in [6.45, 7) is 3.34. The fourth-order valence-corrected chi connectivity index (χ4v) is 1.46. The smallest absolute Gasteiger partial charge is 0.0692 e. The van der Waals surface area contributed by atoms with Gasteiger partial charge in [0, 0.05) is 19.6 Å². The molecule has 0 saturated carbocycles. The zero-order chi connectivity index (χ0) is 11.1. The molecule has 0 fully saturated rings. The normalized spacial score (nSPS) is 16.3. The van der Waals surface area contributed by atoms with E-state index in [-0.39, 0.29) is 6.10 Å². The van der Waals surface area contributed by atoms with Crippen molar-refractivity contribution in [1.29, 1.82) is 0 Å². The van der Waals surface area contributed by atoms with Crippen LogP contribution in [-0.2, 0) is 0 Å². The second-order valence-electron chi connectivity index (χ2n) is 4.21. The first-order valence-corrected chi connectivity index (χ1v) is 5.15. The molecule has 0 aromatic rings. The molecule has 0 rings (SSSR count). The lowest BCUT2D eigenvalue weighted by atomic mass is 10.1. The van der Waals surface area contributed by atoms with E-state index in [9.17, 15) is 10.2 Å². The molecule has 2 N–H and O–H groups in total. The van der Waals surface area contributed by atoms with Crippen LogP contribution in [0.2, 0.25) is 0 Å². The molecular formula is C10H24N2O2. The Morgan fingerprint density at radius 1 is 1.07 bits per heavy atom. The van der Waals surface area contributed by atoms with E-state index in [1.807, 2.05) is 37.9 Å². The molecule has 0 aromatic carbocycles. The molecular weight excluding hydrogens is 180 g/mol. The van der Waals surface area contributed by atoms with Gasteiger partial charge in [-0.15, -0.1) is 0 Å². The zero-order valence-electron chi connectivity index (χ0n) is 9.77. The summed E-state index contributed by atoms with van der Waals surface area (Å²) in [6, 6.07) is 0. The summed E-state index contributed by atoms with van der Waals surface area (Å²) >= 11 is 0. The van der Waals surface area contributed by atoms with E-state index in [2.05, 4.69) is 0 Å². The van der Waals surface area contributed by atoms with E-state index in [0.717, 1.165) is 6.67 Å². The van der Waals surface area contributed by atoms with Crippen molar-refractivity contribution in [3.8, 4) is 0 Å². The lowest BCUT2D eigenvalue weighted by Crippen LogP contribution is -2.37. The van der Waals surface area contributed by atoms with E-state index >= 15 is 0 Å². The van der Waals surface area contributed by atoms with Crippen molar-refractivity contribution in [3.63, 3.8) is 0 Å². The van der Waals surface area contributed by atoms with Gasteiger partial charge in [-0.1, -0.05) is 6.92 Å². The van der Waals surface area contributed by atoms with Gasteiger partial charge >= 0.3 is 0 Å². The van der Waals surface area contributed by atoms with E-state index in [0.29, 0.717) is 19.4 Å². The molecule has 0 heterocycles. The molecule has 0 amide bonds. The predicted octanol–water partition coefficient (Wildman–Crippen LogP) is -0.0408. The minimum atomic E-state index is -0.435. The Morgan fingerprint density at radius 2 is 1.64 bits per heavy atom. The van der Waals surface area contributed by atoms with E-state index < -0.39 is 6.10 Å². The van der Waals surface area contributed by atoms with Crippen LogP contribution in [0.15, 0.2) is 0 Å². The van der Waals surface area contributed by atoms with Crippen LogP contribution in [0.5, 0.6) is 0 Å². The number of hydrogen-bond acceptors (Lipinski definition) is 4. The Kier molecular flexibility index (Phi) is 7.09. The third-order valence-electron chi connectivity index (χ3n) is 2.06. The fraction of sp³-hybridized carbons (Fsp3) is 1.00. The Balaban J connectivity index is 3.65. The summed E-state index contributed by atoms with van der Waals surface area (Å²) in [5.74, 6) is 0. The van der Waals surface area contributed by atoms with Crippen LogP contribution in [0.4, 0.5) is 0 Å². The average molecular weight is 204 g/mol. The van der Waals surface area contributed by atoms with Gasteiger partial charge in [-0.3, -0.25) is 9.80 Å². The lowest BCUT2D eigenvalue weighted by Gasteiger charge is -2.24. The molecule has 2 atom stereocenters. The molecule has 0 aromatic heterocycles. The predicted molar refractivity (Wildman–Crippen MR) is 58.1 cm³/mol. The van der Waals surface area contributed by atoms with Gasteiger partial charge in [0.25, 0.3) is 0 Å². The largest absolute Gasteiger partial charge is 0.393 e. The molecule has 0 radical (unpaired) electrons. The highest BCUT2D eigenvalue weighted by Crippen LogP contribution is 2.03. The highest BCUT2D eigenvalue weighted by molar-refractivity contribution is 4.65. The molecule has 14 heavy (non-hydrogen) atoms. The maximum Gasteiger partial charge on any atom is 0.0692 e. The topological polar surface area (TPSA) is 46.9 Å². The summed E-state index contributed by atoms with van der Waals surface area (Å²) < 4.78 is 0. The van der Waals surface area contributed by atoms with Crippen LogP contribution < -0.4 is 0 Å². The number of aliphatic hydroxyl groups excluding tert-OH is 2. The first kappa shape index (κ1) is 13.8. The van der Waals surface area contributed by atoms with Crippen molar-refractivity contribution in [2.24, 2.45) is 0 Å². The van der Waals surface area contributed by atoms with Crippen molar-refractivity contribution in [2.45, 2.75) is 32.0 Å². The molecule has 0 spiro atoms. The third-order valence-corrected chi connectivity index (χ3v) is 2.06. The van der Waals surface area contributed by atoms with Crippen LogP contribution in [0.3, 0.4) is 0 Å². The van der Waals surface area contributed by atoms with E-state index in [4.69, 9.17) is 0 Å². The Morgan fingerprint density at radius 3 is 2.07 bits per heavy atom. The van der Waals surface area contributed by atoms with Crippen LogP contribution in [0.1, 0.15) is 19.8 Å². The quantitative estimate of drug-likeness (QED) is 0.571. The molecule has 4 heteroatoms. The summed E-state index contributed by atoms with van der Waals surface area (Å²) in [4.78, 5) is 4.08. The molecule has 4 nitrogen and oxygen atoms in total. The molecule has 0 aliphatic heterocycles. The number of nitrogens with zero attached hydrogens (tertiary/aromatic N) is 2. The molecule has 86 valence electrons. The van der Waals surface area contributed by atoms with Crippen molar-refractivity contribution in [3.05, 3.63) is 0 Å². The summed E-state index contributed by atoms with van der Waals surface area (Å²) in [5.41, 5.74) is 0. The monoisotopic (exact) mass is 204 g/mol. The Hall–Kier alpha value is -0.160. The maximum atomic E-state index is 9.61. The number of hydrogen-bond donors (Lipinski definition) is 2. The lowest BCUT2D eigenvalue weighted by molar-refractivity contribution is 0.0494. The fourth-order valence-electron chi connectivity index (χ4n) is 1.46. The second-order valence-corrected chi connectivity index (χ2v) is 4.21. The molecule has 2 unspecified atom stereocenters. The average Bonchev–Trinajstić information content (AvgIpc) is 2.01. The van der Waals surface area contributed by atoms with E-state index in [1.54, 1.807) is 0 Å². The highest BCUT2D eigenvalue weighted by Gasteiger charge is 2.12. The van der Waals surface area contributed by atoms with Gasteiger partial charge in [-0.05, 0) is 27.6 Å². The minimum Gasteiger partial charge on any atom is -0.393 e. The second kappa shape index (κ2) is 7.17. The van der Waals surface area contributed by atoms with Crippen LogP contribution in [0, 0.1) is 0 Å². The van der Waals surface area contributed by atoms with Gasteiger partial charge in [0.2, 0.25) is 0 Å². The Bertz CT molecular complexity index is 142. The third kappa shape index (κ3) is 7.26. The standard InChI is InChI=1S/C10H24N2O2/c1-5-9(13)6-10(14)7-12(4)8-11(2)3/h9-10,13-14H,5-8H2,1-4H3. The van der Waals surface area contributed by atoms with E-state index in [1.165, 1.54) is 0 Å². The number of aliphatic hydroxyl groups is 2. The molecule has 0 bridgehead atoms. The zero-order valence-corrected chi connectivity index (χ0v) is 9.77. The summed E-state index contributed by atoms with van der Waals surface area (Å²) in [7, 11) is 5.94. The van der Waals surface area contributed by atoms with Gasteiger partial charge in [-0.2, -0.15) is 0 Å². The maximum absolute atomic E-state index is 9.61. The minimum absolute atomic E-state index is 0.377. The summed E-state index contributed by atoms with van der Waals surface area (Å²) in [5, 5.41) is 18.9. The van der Waals surface area contributed by atoms with Gasteiger partial charge in [0.15, 0.2) is 0 Å². The number of likely N-dealkylation sites (N-methyl/N-ethyl adjacent to an activating group) is 1. The van der Waals surface area contributed by atoms with Crippen molar-refractivity contribution in [1.82, 2.24) is 9.80 Å². The molecule has 0 saturated heterocycles. The van der Waals surface area contributed by atoms with Gasteiger partial charge in [0.1, 0.15) is 0 Å². The first-order valence-electron chi connectivity index (χ1n) is 5.15. The van der Waals surface area contributed by atoms with Crippen molar-refractivity contribution < 1.29 is 10.2 Å². The van der Waals surface area contributed by atoms with Crippen LogP contribution >= 0.6 is 0 Å². The molecule has 0 aliphatic carbocycles. The Labute approximate surface area is 87.1 Å². The van der Waals surface area contributed by atoms with Crippen molar-refractivity contribution >= 4 is 0 Å². The first-order chi connectivity index (χ1) is 6.45. The number of rotatable bonds is 7. The van der Waals surface area contributed by atoms with Crippen molar-refractivity contribution in [2.75, 3.05) is 34.4 Å². The van der Waals surface area contributed by atoms with Gasteiger partial charge < -0.3 is 10.2 Å². The summed E-state index contributed by atoms with van der Waals surface area (Å²) in [6.07, 6.45) is 0.357. The highest BCUT2D eigenvalue weighted by atomic mass is 16.3. The van der Waals surface area contributed by atoms with Crippen LogP contribution in [0.25, 0.3) is 0 Å². The molecule has 0 aliphatic rings. The van der Waals surface area contributed by atoms with Gasteiger partial charge in [0.05, 0.1) is 12.2 Å².